The second-order valence-corrected chi connectivity index (χ2v) is 7.39. The summed E-state index contributed by atoms with van der Waals surface area (Å²) in [5, 5.41) is 5.20. The lowest BCUT2D eigenvalue weighted by Crippen LogP contribution is -2.37. The molecular formula is C21H26FN5O2. The molecule has 1 aliphatic heterocycles. The molecule has 8 heteroatoms. The third kappa shape index (κ3) is 5.51. The lowest BCUT2D eigenvalue weighted by Gasteiger charge is -2.23. The lowest BCUT2D eigenvalue weighted by atomic mass is 10.2. The van der Waals surface area contributed by atoms with Crippen molar-refractivity contribution < 1.29 is 14.0 Å². The van der Waals surface area contributed by atoms with E-state index >= 15 is 0 Å². The van der Waals surface area contributed by atoms with Gasteiger partial charge in [-0.05, 0) is 43.2 Å². The number of benzene rings is 1. The van der Waals surface area contributed by atoms with Crippen molar-refractivity contribution >= 4 is 23.3 Å². The fourth-order valence-electron chi connectivity index (χ4n) is 3.38. The van der Waals surface area contributed by atoms with E-state index in [4.69, 9.17) is 0 Å². The summed E-state index contributed by atoms with van der Waals surface area (Å²) in [6.45, 7) is 5.69. The van der Waals surface area contributed by atoms with Crippen LogP contribution >= 0.6 is 0 Å². The third-order valence-corrected chi connectivity index (χ3v) is 5.15. The van der Waals surface area contributed by atoms with Gasteiger partial charge in [0.05, 0.1) is 17.6 Å². The zero-order valence-electron chi connectivity index (χ0n) is 16.9. The van der Waals surface area contributed by atoms with E-state index in [2.05, 4.69) is 20.5 Å². The van der Waals surface area contributed by atoms with Crippen LogP contribution in [0.15, 0.2) is 36.5 Å². The van der Waals surface area contributed by atoms with Crippen LogP contribution in [0.3, 0.4) is 0 Å². The van der Waals surface area contributed by atoms with E-state index in [1.807, 2.05) is 14.0 Å². The van der Waals surface area contributed by atoms with Crippen molar-refractivity contribution in [3.05, 3.63) is 53.6 Å². The first-order valence-corrected chi connectivity index (χ1v) is 9.56. The summed E-state index contributed by atoms with van der Waals surface area (Å²) in [6, 6.07) is 7.89. The van der Waals surface area contributed by atoms with Crippen molar-refractivity contribution in [2.45, 2.75) is 32.9 Å². The van der Waals surface area contributed by atoms with Crippen molar-refractivity contribution in [3.63, 3.8) is 0 Å². The van der Waals surface area contributed by atoms with Gasteiger partial charge in [0.2, 0.25) is 5.91 Å². The Bertz CT molecular complexity index is 887. The molecule has 29 heavy (non-hydrogen) atoms. The molecule has 0 bridgehead atoms. The minimum Gasteiger partial charge on any atom is -0.342 e. The number of aromatic nitrogens is 1. The molecule has 1 fully saturated rings. The van der Waals surface area contributed by atoms with Crippen LogP contribution in [0.2, 0.25) is 0 Å². The second-order valence-electron chi connectivity index (χ2n) is 7.39. The predicted molar refractivity (Wildman–Crippen MR) is 110 cm³/mol. The molecule has 0 aliphatic carbocycles. The van der Waals surface area contributed by atoms with E-state index in [1.165, 1.54) is 6.07 Å². The molecule has 154 valence electrons. The van der Waals surface area contributed by atoms with Crippen LogP contribution in [0.5, 0.6) is 0 Å². The van der Waals surface area contributed by atoms with E-state index in [0.717, 1.165) is 30.8 Å². The fourth-order valence-corrected chi connectivity index (χ4v) is 3.38. The van der Waals surface area contributed by atoms with Crippen LogP contribution in [0.4, 0.5) is 20.6 Å². The summed E-state index contributed by atoms with van der Waals surface area (Å²) in [5.41, 5.74) is 2.39. The zero-order chi connectivity index (χ0) is 21.0. The Morgan fingerprint density at radius 2 is 2.07 bits per heavy atom. The Morgan fingerprint density at radius 3 is 2.76 bits per heavy atom. The average Bonchev–Trinajstić information content (AvgIpc) is 3.14. The van der Waals surface area contributed by atoms with Crippen LogP contribution < -0.4 is 10.6 Å². The number of rotatable bonds is 5. The zero-order valence-corrected chi connectivity index (χ0v) is 16.9. The number of anilines is 2. The van der Waals surface area contributed by atoms with Gasteiger partial charge < -0.3 is 15.5 Å². The molecule has 1 aliphatic rings. The highest BCUT2D eigenvalue weighted by Gasteiger charge is 2.27. The molecule has 1 saturated heterocycles. The van der Waals surface area contributed by atoms with Gasteiger partial charge in [-0.2, -0.15) is 0 Å². The highest BCUT2D eigenvalue weighted by molar-refractivity contribution is 5.99. The maximum absolute atomic E-state index is 14.2. The Labute approximate surface area is 169 Å². The molecule has 3 rings (SSSR count). The number of likely N-dealkylation sites (tertiary alicyclic amines) is 1. The van der Waals surface area contributed by atoms with Gasteiger partial charge in [0.1, 0.15) is 5.82 Å². The number of amides is 3. The molecular weight excluding hydrogens is 373 g/mol. The Morgan fingerprint density at radius 1 is 1.28 bits per heavy atom. The first-order valence-electron chi connectivity index (χ1n) is 9.56. The molecule has 2 heterocycles. The molecule has 0 radical (unpaired) electrons. The lowest BCUT2D eigenvalue weighted by molar-refractivity contribution is -0.129. The summed E-state index contributed by atoms with van der Waals surface area (Å²) >= 11 is 0. The van der Waals surface area contributed by atoms with Crippen molar-refractivity contribution in [3.8, 4) is 0 Å². The number of urea groups is 1. The molecule has 0 spiro atoms. The number of aryl methyl sites for hydroxylation is 1. The van der Waals surface area contributed by atoms with Crippen LogP contribution in [-0.4, -0.2) is 52.9 Å². The average molecular weight is 399 g/mol. The number of halogens is 1. The number of carbonyl (C=O) groups excluding carboxylic acids is 2. The Kier molecular flexibility index (Phi) is 6.43. The van der Waals surface area contributed by atoms with E-state index in [1.54, 1.807) is 42.3 Å². The first-order chi connectivity index (χ1) is 13.8. The molecule has 3 amide bonds. The van der Waals surface area contributed by atoms with Gasteiger partial charge in [-0.15, -0.1) is 0 Å². The van der Waals surface area contributed by atoms with Crippen LogP contribution in [0.25, 0.3) is 0 Å². The monoisotopic (exact) mass is 399 g/mol. The number of nitrogens with zero attached hydrogens (tertiary/aromatic N) is 3. The smallest absolute Gasteiger partial charge is 0.323 e. The van der Waals surface area contributed by atoms with Crippen molar-refractivity contribution in [1.82, 2.24) is 14.8 Å². The number of nitrogens with one attached hydrogen (secondary N) is 2. The minimum atomic E-state index is -0.531. The summed E-state index contributed by atoms with van der Waals surface area (Å²) in [7, 11) is 1.82. The van der Waals surface area contributed by atoms with Gasteiger partial charge in [0, 0.05) is 45.3 Å². The van der Waals surface area contributed by atoms with Gasteiger partial charge >= 0.3 is 6.03 Å². The number of carbonyl (C=O) groups is 2. The summed E-state index contributed by atoms with van der Waals surface area (Å²) in [5.74, 6) is -0.443. The number of hydrogen-bond acceptors (Lipinski definition) is 4. The molecule has 1 aromatic heterocycles. The van der Waals surface area contributed by atoms with Gasteiger partial charge in [-0.1, -0.05) is 6.07 Å². The highest BCUT2D eigenvalue weighted by Crippen LogP contribution is 2.21. The van der Waals surface area contributed by atoms with Crippen molar-refractivity contribution in [2.24, 2.45) is 0 Å². The SMILES string of the molecule is CC(=O)N(C)[C@@H]1CCN(Cc2ccc(F)c(NC(=O)Nc3ccc(C)nc3)c2)C1. The minimum absolute atomic E-state index is 0.0555. The van der Waals surface area contributed by atoms with Crippen LogP contribution in [0.1, 0.15) is 24.6 Å². The van der Waals surface area contributed by atoms with Crippen LogP contribution in [0, 0.1) is 12.7 Å². The molecule has 7 nitrogen and oxygen atoms in total. The van der Waals surface area contributed by atoms with Crippen molar-refractivity contribution in [2.75, 3.05) is 30.8 Å². The quantitative estimate of drug-likeness (QED) is 0.809. The maximum atomic E-state index is 14.2. The Hall–Kier alpha value is -3.00. The molecule has 1 atom stereocenters. The van der Waals surface area contributed by atoms with Gasteiger partial charge in [0.25, 0.3) is 0 Å². The number of pyridine rings is 1. The topological polar surface area (TPSA) is 77.6 Å². The number of likely N-dealkylation sites (N-methyl/N-ethyl adjacent to an activating group) is 1. The van der Waals surface area contributed by atoms with Gasteiger partial charge in [-0.25, -0.2) is 9.18 Å². The molecule has 0 unspecified atom stereocenters. The maximum Gasteiger partial charge on any atom is 0.323 e. The van der Waals surface area contributed by atoms with E-state index < -0.39 is 11.8 Å². The summed E-state index contributed by atoms with van der Waals surface area (Å²) in [6.07, 6.45) is 2.46. The van der Waals surface area contributed by atoms with E-state index in [9.17, 15) is 14.0 Å². The number of hydrogen-bond donors (Lipinski definition) is 2. The fraction of sp³-hybridized carbons (Fsp3) is 0.381. The first kappa shape index (κ1) is 20.7. The highest BCUT2D eigenvalue weighted by atomic mass is 19.1. The summed E-state index contributed by atoms with van der Waals surface area (Å²) < 4.78 is 14.2. The third-order valence-electron chi connectivity index (χ3n) is 5.15. The molecule has 1 aromatic carbocycles. The van der Waals surface area contributed by atoms with E-state index in [-0.39, 0.29) is 17.6 Å². The molecule has 0 saturated carbocycles. The largest absolute Gasteiger partial charge is 0.342 e. The van der Waals surface area contributed by atoms with Crippen molar-refractivity contribution in [1.29, 1.82) is 0 Å². The van der Waals surface area contributed by atoms with Crippen LogP contribution in [-0.2, 0) is 11.3 Å². The van der Waals surface area contributed by atoms with Gasteiger partial charge in [-0.3, -0.25) is 14.7 Å². The van der Waals surface area contributed by atoms with Gasteiger partial charge in [0.15, 0.2) is 0 Å². The predicted octanol–water partition coefficient (Wildman–Crippen LogP) is 3.23. The molecule has 2 N–H and O–H groups in total. The second kappa shape index (κ2) is 9.00. The summed E-state index contributed by atoms with van der Waals surface area (Å²) in [4.78, 5) is 31.8. The Balaban J connectivity index is 1.60. The standard InChI is InChI=1S/C21H26FN5O2/c1-14-4-6-17(11-23-14)24-21(29)25-20-10-16(5-7-19(20)22)12-27-9-8-18(13-27)26(3)15(2)28/h4-7,10-11,18H,8-9,12-13H2,1-3H3,(H2,24,25,29)/t18-/m1/s1. The normalized spacial score (nSPS) is 16.5. The molecule has 2 aromatic rings. The van der Waals surface area contributed by atoms with E-state index in [0.29, 0.717) is 12.2 Å².